The molecule has 0 heterocycles. The molecule has 0 amide bonds. The summed E-state index contributed by atoms with van der Waals surface area (Å²) in [5.74, 6) is 0. The van der Waals surface area contributed by atoms with Crippen LogP contribution in [0.25, 0.3) is 11.1 Å². The smallest absolute Gasteiger partial charge is 1.00 e. The third-order valence-corrected chi connectivity index (χ3v) is 17.5. The minimum atomic E-state index is -2.80. The number of hydrogen-bond acceptors (Lipinski definition) is 0. The van der Waals surface area contributed by atoms with Gasteiger partial charge in [0.1, 0.15) is 0 Å². The molecule has 2 aliphatic carbocycles. The maximum Gasteiger partial charge on any atom is -1.00 e. The quantitative estimate of drug-likeness (QED) is 0.256. The van der Waals surface area contributed by atoms with E-state index in [4.69, 9.17) is 11.6 Å². The molecule has 232 valence electrons. The van der Waals surface area contributed by atoms with E-state index < -0.39 is 21.3 Å². The summed E-state index contributed by atoms with van der Waals surface area (Å²) in [6, 6.07) is 27.3. The van der Waals surface area contributed by atoms with Crippen LogP contribution in [0.3, 0.4) is 0 Å². The molecule has 0 saturated heterocycles. The van der Waals surface area contributed by atoms with Gasteiger partial charge in [0.05, 0.1) is 0 Å². The Morgan fingerprint density at radius 3 is 1.98 bits per heavy atom. The van der Waals surface area contributed by atoms with E-state index in [9.17, 15) is 0 Å². The second-order valence-corrected chi connectivity index (χ2v) is 20.7. The van der Waals surface area contributed by atoms with Crippen molar-refractivity contribution in [1.82, 2.24) is 0 Å². The number of allylic oxidation sites excluding steroid dienone is 4. The Bertz CT molecular complexity index is 1840. The first-order valence-electron chi connectivity index (χ1n) is 15.6. The van der Waals surface area contributed by atoms with E-state index in [1.165, 1.54) is 53.3 Å². The Hall–Kier alpha value is -2.02. The minimum Gasteiger partial charge on any atom is -1.00 e. The fourth-order valence-electron chi connectivity index (χ4n) is 7.32. The maximum absolute atomic E-state index is 6.71. The molecule has 0 N–H and O–H groups in total. The summed E-state index contributed by atoms with van der Waals surface area (Å²) in [4.78, 5) is 0. The van der Waals surface area contributed by atoms with E-state index in [2.05, 4.69) is 140 Å². The van der Waals surface area contributed by atoms with E-state index in [1.54, 1.807) is 12.1 Å². The van der Waals surface area contributed by atoms with Crippen molar-refractivity contribution in [3.05, 3.63) is 144 Å². The van der Waals surface area contributed by atoms with E-state index in [-0.39, 0.29) is 35.6 Å². The van der Waals surface area contributed by atoms with Crippen molar-refractivity contribution in [2.24, 2.45) is 0 Å². The molecule has 2 aliphatic rings. The van der Waals surface area contributed by atoms with Crippen molar-refractivity contribution in [3.63, 3.8) is 0 Å². The van der Waals surface area contributed by atoms with Gasteiger partial charge < -0.3 is 24.8 Å². The molecule has 6 rings (SSSR count). The van der Waals surface area contributed by atoms with Crippen molar-refractivity contribution < 1.29 is 46.1 Å². The fourth-order valence-corrected chi connectivity index (χ4v) is 15.9. The van der Waals surface area contributed by atoms with E-state index in [0.717, 1.165) is 17.9 Å². The van der Waals surface area contributed by atoms with Crippen LogP contribution in [-0.2, 0) is 38.5 Å². The first-order chi connectivity index (χ1) is 20.3. The van der Waals surface area contributed by atoms with E-state index in [1.807, 2.05) is 6.07 Å². The molecule has 4 aromatic carbocycles. The molecule has 0 radical (unpaired) electrons. The molecule has 45 heavy (non-hydrogen) atoms. The normalized spacial score (nSPS) is 13.8. The largest absolute Gasteiger partial charge is 1.00 e. The van der Waals surface area contributed by atoms with Crippen molar-refractivity contribution in [1.29, 1.82) is 0 Å². The summed E-state index contributed by atoms with van der Waals surface area (Å²) in [6.07, 6.45) is 9.14. The third kappa shape index (κ3) is 6.85. The number of rotatable bonds is 4. The molecular formula is C41H43Cl3Zr. The summed E-state index contributed by atoms with van der Waals surface area (Å²) in [5.41, 5.74) is 14.6. The van der Waals surface area contributed by atoms with E-state index in [0.29, 0.717) is 0 Å². The molecular weight excluding hydrogens is 690 g/mol. The van der Waals surface area contributed by atoms with Gasteiger partial charge in [-0.1, -0.05) is 0 Å². The Kier molecular flexibility index (Phi) is 10.8. The van der Waals surface area contributed by atoms with Gasteiger partial charge in [-0.05, 0) is 0 Å². The molecule has 0 atom stereocenters. The number of halogens is 3. The van der Waals surface area contributed by atoms with Crippen LogP contribution in [0.4, 0.5) is 0 Å². The van der Waals surface area contributed by atoms with Gasteiger partial charge in [-0.15, -0.1) is 0 Å². The second-order valence-electron chi connectivity index (χ2n) is 14.4. The zero-order valence-corrected chi connectivity index (χ0v) is 32.4. The van der Waals surface area contributed by atoms with Crippen LogP contribution in [0.1, 0.15) is 92.5 Å². The molecule has 4 aromatic rings. The Morgan fingerprint density at radius 2 is 1.38 bits per heavy atom. The number of benzene rings is 4. The predicted octanol–water partition coefficient (Wildman–Crippen LogP) is 4.49. The molecule has 0 bridgehead atoms. The van der Waals surface area contributed by atoms with Crippen LogP contribution in [0.2, 0.25) is 5.02 Å². The van der Waals surface area contributed by atoms with Crippen LogP contribution in [0.15, 0.2) is 94.3 Å². The Balaban J connectivity index is 0.00000230. The van der Waals surface area contributed by atoms with Crippen LogP contribution >= 0.6 is 11.6 Å². The zero-order chi connectivity index (χ0) is 30.7. The monoisotopic (exact) mass is 730 g/mol. The molecule has 4 heteroatoms. The van der Waals surface area contributed by atoms with Crippen molar-refractivity contribution in [2.45, 2.75) is 79.1 Å². The third-order valence-electron chi connectivity index (χ3n) is 9.19. The van der Waals surface area contributed by atoms with Gasteiger partial charge in [0.15, 0.2) is 0 Å². The van der Waals surface area contributed by atoms with Gasteiger partial charge >= 0.3 is 273 Å². The fraction of sp³-hybridized carbons (Fsp3) is 0.293. The van der Waals surface area contributed by atoms with Crippen molar-refractivity contribution in [2.75, 3.05) is 0 Å². The molecule has 0 aromatic heterocycles. The Morgan fingerprint density at radius 1 is 0.733 bits per heavy atom. The van der Waals surface area contributed by atoms with Gasteiger partial charge in [0.25, 0.3) is 0 Å². The minimum absolute atomic E-state index is 0. The number of aryl methyl sites for hydroxylation is 1. The zero-order valence-electron chi connectivity index (χ0n) is 27.7. The van der Waals surface area contributed by atoms with Crippen LogP contribution in [-0.4, -0.2) is 3.21 Å². The summed E-state index contributed by atoms with van der Waals surface area (Å²) < 4.78 is 4.84. The van der Waals surface area contributed by atoms with Gasteiger partial charge in [-0.3, -0.25) is 0 Å². The number of hydrogen-bond donors (Lipinski definition) is 0. The summed E-state index contributed by atoms with van der Waals surface area (Å²) >= 11 is 3.90. The van der Waals surface area contributed by atoms with Gasteiger partial charge in [0.2, 0.25) is 0 Å². The molecule has 0 nitrogen and oxygen atoms in total. The van der Waals surface area contributed by atoms with Gasteiger partial charge in [-0.25, -0.2) is 0 Å². The van der Waals surface area contributed by atoms with Crippen molar-refractivity contribution >= 4 is 18.1 Å². The molecule has 0 aliphatic heterocycles. The van der Waals surface area contributed by atoms with Crippen LogP contribution < -0.4 is 28.1 Å². The van der Waals surface area contributed by atoms with Crippen molar-refractivity contribution in [3.8, 4) is 11.1 Å². The van der Waals surface area contributed by atoms with Crippen LogP contribution in [0.5, 0.6) is 0 Å². The maximum atomic E-state index is 6.71. The standard InChI is InChI=1S/C23H29.C13H9Cl.C5H5.2ClH.Zr/c1-14-9-16-11-17-10-15(2)21(23(6,7)8)13-19(17)18(16)12-20(14)22(3,4)5;14-13-8-4-7-12(10-13)9-11-5-2-1-3-6-11;1-2-4-5-3-1;;;/h9,12-13H,11H2,1-8H3;1-8,10H;1-3H,4H2;2*1H;/q;;;;;+2/p-2. The first-order valence-corrected chi connectivity index (χ1v) is 19.6. The summed E-state index contributed by atoms with van der Waals surface area (Å²) in [7, 11) is 0. The topological polar surface area (TPSA) is 0 Å². The second kappa shape index (κ2) is 13.6. The molecule has 0 spiro atoms. The predicted molar refractivity (Wildman–Crippen MR) is 184 cm³/mol. The first kappa shape index (κ1) is 35.8. The SMILES string of the molecule is Cc1cc2c(cc1C(C)(C)C)-c1cc(C(C)(C)C)c(C)[c](/[Zr+2]([C]3=CC=CC3)=[C](/c3ccccc3)c3cccc(Cl)c3)c1C2.[Cl-].[Cl-]. The summed E-state index contributed by atoms with van der Waals surface area (Å²) in [6.45, 7) is 18.9. The van der Waals surface area contributed by atoms with E-state index >= 15 is 0 Å². The summed E-state index contributed by atoms with van der Waals surface area (Å²) in [5, 5.41) is 0.801. The average Bonchev–Trinajstić information content (AvgIpc) is 3.58. The number of fused-ring (bicyclic) bond motifs is 3. The van der Waals surface area contributed by atoms with Gasteiger partial charge in [0, 0.05) is 0 Å². The molecule has 0 fully saturated rings. The van der Waals surface area contributed by atoms with Gasteiger partial charge in [-0.2, -0.15) is 0 Å². The average molecular weight is 733 g/mol. The molecule has 0 saturated carbocycles. The molecule has 0 unspecified atom stereocenters. The van der Waals surface area contributed by atoms with Crippen LogP contribution in [0, 0.1) is 13.8 Å². The Labute approximate surface area is 296 Å².